The number of rotatable bonds is 7. The summed E-state index contributed by atoms with van der Waals surface area (Å²) in [5.41, 5.74) is 2.32. The molecule has 4 heterocycles. The first-order valence-electron chi connectivity index (χ1n) is 11.9. The number of halogens is 1. The zero-order chi connectivity index (χ0) is 27.2. The van der Waals surface area contributed by atoms with Crippen molar-refractivity contribution in [3.05, 3.63) is 47.8 Å². The van der Waals surface area contributed by atoms with Crippen LogP contribution in [0, 0.1) is 11.3 Å². The molecule has 1 fully saturated rings. The van der Waals surface area contributed by atoms with Crippen molar-refractivity contribution >= 4 is 29.5 Å². The monoisotopic (exact) mass is 547 g/mol. The van der Waals surface area contributed by atoms with Gasteiger partial charge in [0, 0.05) is 24.0 Å². The number of nitrogens with one attached hydrogen (secondary N) is 3. The van der Waals surface area contributed by atoms with Gasteiger partial charge in [-0.05, 0) is 25.7 Å². The zero-order valence-electron chi connectivity index (χ0n) is 20.6. The van der Waals surface area contributed by atoms with Crippen LogP contribution >= 0.6 is 11.6 Å². The fourth-order valence-corrected chi connectivity index (χ4v) is 4.23. The quantitative estimate of drug-likeness (QED) is 0.305. The van der Waals surface area contributed by atoms with E-state index in [1.54, 1.807) is 12.4 Å². The van der Waals surface area contributed by atoms with E-state index in [0.717, 1.165) is 12.8 Å². The fourth-order valence-electron chi connectivity index (χ4n) is 4.05. The molecule has 0 saturated heterocycles. The van der Waals surface area contributed by atoms with E-state index in [1.807, 2.05) is 0 Å². The molecule has 0 aliphatic heterocycles. The highest BCUT2D eigenvalue weighted by molar-refractivity contribution is 6.32. The van der Waals surface area contributed by atoms with Crippen LogP contribution in [-0.2, 0) is 4.74 Å². The average Bonchev–Trinajstić information content (AvgIpc) is 3.40. The highest BCUT2D eigenvalue weighted by Gasteiger charge is 2.25. The second-order valence-electron chi connectivity index (χ2n) is 8.55. The molecule has 5 rings (SSSR count). The molecule has 0 bridgehead atoms. The number of nitrogens with zero attached hydrogens (tertiary/aromatic N) is 8. The van der Waals surface area contributed by atoms with Gasteiger partial charge in [0.25, 0.3) is 0 Å². The van der Waals surface area contributed by atoms with Gasteiger partial charge >= 0.3 is 12.1 Å². The van der Waals surface area contributed by atoms with Crippen molar-refractivity contribution in [2.24, 2.45) is 0 Å². The highest BCUT2D eigenvalue weighted by Crippen LogP contribution is 2.28. The minimum atomic E-state index is -0.599. The first-order valence-corrected chi connectivity index (χ1v) is 12.3. The molecular formula is C24H22ClN11O3. The van der Waals surface area contributed by atoms with E-state index in [4.69, 9.17) is 21.1 Å². The summed E-state index contributed by atoms with van der Waals surface area (Å²) in [6.45, 7) is 0. The summed E-state index contributed by atoms with van der Waals surface area (Å²) in [5.74, 6) is 0.639. The third-order valence-corrected chi connectivity index (χ3v) is 6.30. The van der Waals surface area contributed by atoms with Gasteiger partial charge in [-0.2, -0.15) is 10.4 Å². The Morgan fingerprint density at radius 3 is 2.49 bits per heavy atom. The van der Waals surface area contributed by atoms with Gasteiger partial charge in [-0.3, -0.25) is 15.4 Å². The SMILES string of the molecule is COc1ncc(-c2cnc(NC(=O)OC3CCC(Nc4ncc(C#N)c(-c5[nH]ncc5Cl)n4)CC3)cn2)cn1. The lowest BCUT2D eigenvalue weighted by atomic mass is 9.93. The van der Waals surface area contributed by atoms with Crippen LogP contribution in [0.5, 0.6) is 6.01 Å². The lowest BCUT2D eigenvalue weighted by molar-refractivity contribution is 0.0840. The van der Waals surface area contributed by atoms with Gasteiger partial charge in [0.1, 0.15) is 23.6 Å². The Balaban J connectivity index is 1.11. The molecule has 0 unspecified atom stereocenters. The molecule has 4 aromatic heterocycles. The summed E-state index contributed by atoms with van der Waals surface area (Å²) >= 11 is 6.15. The van der Waals surface area contributed by atoms with Gasteiger partial charge in [0.2, 0.25) is 5.95 Å². The molecule has 1 aliphatic carbocycles. The lowest BCUT2D eigenvalue weighted by Crippen LogP contribution is -2.32. The van der Waals surface area contributed by atoms with Crippen LogP contribution in [0.25, 0.3) is 22.6 Å². The second kappa shape index (κ2) is 11.7. The maximum Gasteiger partial charge on any atom is 0.413 e. The standard InChI is InChI=1S/C24H22ClN11O3/c1-38-23-30-8-14(9-31-23)18-11-28-19(12-27-18)34-24(37)39-16-4-2-15(3-5-16)33-22-29-7-13(6-26)20(35-22)21-17(25)10-32-36-21/h7-12,15-16H,2-5H2,1H3,(H,32,36)(H,28,34,37)(H,29,33,35). The minimum Gasteiger partial charge on any atom is -0.467 e. The molecule has 3 N–H and O–H groups in total. The molecule has 0 aromatic carbocycles. The van der Waals surface area contributed by atoms with Gasteiger partial charge in [0.05, 0.1) is 48.2 Å². The maximum atomic E-state index is 12.4. The maximum absolute atomic E-state index is 12.4. The van der Waals surface area contributed by atoms with E-state index in [9.17, 15) is 10.1 Å². The largest absolute Gasteiger partial charge is 0.467 e. The second-order valence-corrected chi connectivity index (χ2v) is 8.96. The Kier molecular flexibility index (Phi) is 7.69. The van der Waals surface area contributed by atoms with Crippen LogP contribution in [0.15, 0.2) is 37.2 Å². The Hall–Kier alpha value is -4.90. The van der Waals surface area contributed by atoms with E-state index in [0.29, 0.717) is 46.5 Å². The Bertz CT molecular complexity index is 1480. The molecule has 1 aliphatic rings. The number of anilines is 2. The van der Waals surface area contributed by atoms with Crippen molar-refractivity contribution in [1.29, 1.82) is 5.26 Å². The number of methoxy groups -OCH3 is 1. The molecule has 1 saturated carbocycles. The Morgan fingerprint density at radius 2 is 1.85 bits per heavy atom. The summed E-state index contributed by atoms with van der Waals surface area (Å²) in [7, 11) is 1.49. The van der Waals surface area contributed by atoms with Gasteiger partial charge in [0.15, 0.2) is 5.82 Å². The van der Waals surface area contributed by atoms with Crippen molar-refractivity contribution in [2.45, 2.75) is 37.8 Å². The third kappa shape index (κ3) is 6.16. The predicted molar refractivity (Wildman–Crippen MR) is 139 cm³/mol. The van der Waals surface area contributed by atoms with Crippen LogP contribution in [0.1, 0.15) is 31.2 Å². The van der Waals surface area contributed by atoms with Crippen molar-refractivity contribution in [2.75, 3.05) is 17.7 Å². The number of hydrogen-bond acceptors (Lipinski definition) is 12. The number of nitriles is 1. The summed E-state index contributed by atoms with van der Waals surface area (Å²) < 4.78 is 10.5. The third-order valence-electron chi connectivity index (χ3n) is 6.01. The van der Waals surface area contributed by atoms with Crippen molar-refractivity contribution in [1.82, 2.24) is 40.1 Å². The van der Waals surface area contributed by atoms with Crippen LogP contribution in [0.2, 0.25) is 5.02 Å². The number of carbonyl (C=O) groups excluding carboxylic acids is 1. The smallest absolute Gasteiger partial charge is 0.413 e. The molecular weight excluding hydrogens is 526 g/mol. The van der Waals surface area contributed by atoms with Gasteiger partial charge in [-0.15, -0.1) is 0 Å². The predicted octanol–water partition coefficient (Wildman–Crippen LogP) is 3.62. The van der Waals surface area contributed by atoms with E-state index >= 15 is 0 Å². The Labute approximate surface area is 227 Å². The number of ether oxygens (including phenoxy) is 2. The van der Waals surface area contributed by atoms with Crippen LogP contribution in [-0.4, -0.2) is 65.5 Å². The summed E-state index contributed by atoms with van der Waals surface area (Å²) in [5, 5.41) is 22.3. The van der Waals surface area contributed by atoms with E-state index < -0.39 is 6.09 Å². The van der Waals surface area contributed by atoms with Gasteiger partial charge in [-0.25, -0.2) is 29.7 Å². The molecule has 0 spiro atoms. The number of amides is 1. The van der Waals surface area contributed by atoms with Crippen LogP contribution in [0.3, 0.4) is 0 Å². The molecule has 0 radical (unpaired) electrons. The number of carbonyl (C=O) groups is 1. The number of H-pyrrole nitrogens is 1. The van der Waals surface area contributed by atoms with Gasteiger partial charge in [-0.1, -0.05) is 11.6 Å². The van der Waals surface area contributed by atoms with Crippen molar-refractivity contribution < 1.29 is 14.3 Å². The number of aromatic nitrogens is 8. The molecule has 14 nitrogen and oxygen atoms in total. The number of hydrogen-bond donors (Lipinski definition) is 3. The van der Waals surface area contributed by atoms with E-state index in [1.165, 1.54) is 31.9 Å². The summed E-state index contributed by atoms with van der Waals surface area (Å²) in [6.07, 6.45) is 10.9. The normalized spacial score (nSPS) is 16.6. The molecule has 0 atom stereocenters. The van der Waals surface area contributed by atoms with Crippen LogP contribution in [0.4, 0.5) is 16.6 Å². The number of aromatic amines is 1. The molecule has 4 aromatic rings. The molecule has 1 amide bonds. The summed E-state index contributed by atoms with van der Waals surface area (Å²) in [6, 6.07) is 2.40. The first-order chi connectivity index (χ1) is 19.0. The van der Waals surface area contributed by atoms with Crippen LogP contribution < -0.4 is 15.4 Å². The Morgan fingerprint density at radius 1 is 1.05 bits per heavy atom. The fraction of sp³-hybridized carbons (Fsp3) is 0.292. The topological polar surface area (TPSA) is 189 Å². The average molecular weight is 548 g/mol. The molecule has 198 valence electrons. The summed E-state index contributed by atoms with van der Waals surface area (Å²) in [4.78, 5) is 37.7. The van der Waals surface area contributed by atoms with Crippen molar-refractivity contribution in [3.63, 3.8) is 0 Å². The van der Waals surface area contributed by atoms with Gasteiger partial charge < -0.3 is 14.8 Å². The highest BCUT2D eigenvalue weighted by atomic mass is 35.5. The first kappa shape index (κ1) is 25.7. The zero-order valence-corrected chi connectivity index (χ0v) is 21.4. The van der Waals surface area contributed by atoms with E-state index in [2.05, 4.69) is 56.8 Å². The molecule has 15 heteroatoms. The molecule has 39 heavy (non-hydrogen) atoms. The van der Waals surface area contributed by atoms with Crippen molar-refractivity contribution in [3.8, 4) is 34.7 Å². The van der Waals surface area contributed by atoms with E-state index in [-0.39, 0.29) is 29.5 Å². The minimum absolute atomic E-state index is 0.0753. The lowest BCUT2D eigenvalue weighted by Gasteiger charge is -2.28.